The Hall–Kier alpha value is -1.22. The predicted molar refractivity (Wildman–Crippen MR) is 67.1 cm³/mol. The number of methoxy groups -OCH3 is 1. The van der Waals surface area contributed by atoms with Crippen LogP contribution in [-0.2, 0) is 4.74 Å². The van der Waals surface area contributed by atoms with E-state index in [0.29, 0.717) is 5.75 Å². The van der Waals surface area contributed by atoms with E-state index in [4.69, 9.17) is 4.74 Å². The molecule has 0 aliphatic heterocycles. The van der Waals surface area contributed by atoms with Gasteiger partial charge in [-0.25, -0.2) is 0 Å². The second-order valence-corrected chi connectivity index (χ2v) is 4.33. The highest BCUT2D eigenvalue weighted by Gasteiger charge is 2.12. The standard InChI is InChI=1S/C13H21NO2/c1-8-7-13(15)9(2)6-12(8)14-10(3)11(4)16-5/h6-7,10-11,14-15H,1-5H3. The third-order valence-corrected chi connectivity index (χ3v) is 3.00. The number of ether oxygens (including phenoxy) is 1. The van der Waals surface area contributed by atoms with Crippen LogP contribution in [0.1, 0.15) is 25.0 Å². The SMILES string of the molecule is COC(C)C(C)Nc1cc(C)c(O)cc1C. The topological polar surface area (TPSA) is 41.5 Å². The van der Waals surface area contributed by atoms with Crippen LogP contribution in [0.3, 0.4) is 0 Å². The number of phenols is 1. The minimum Gasteiger partial charge on any atom is -0.508 e. The van der Waals surface area contributed by atoms with Gasteiger partial charge >= 0.3 is 0 Å². The molecular weight excluding hydrogens is 202 g/mol. The van der Waals surface area contributed by atoms with Crippen molar-refractivity contribution in [1.29, 1.82) is 0 Å². The van der Waals surface area contributed by atoms with Crippen molar-refractivity contribution < 1.29 is 9.84 Å². The molecule has 0 fully saturated rings. The van der Waals surface area contributed by atoms with Crippen LogP contribution < -0.4 is 5.32 Å². The molecule has 1 aromatic rings. The van der Waals surface area contributed by atoms with Crippen LogP contribution in [0.15, 0.2) is 12.1 Å². The predicted octanol–water partition coefficient (Wildman–Crippen LogP) is 2.84. The molecule has 0 aliphatic rings. The Kier molecular flexibility index (Phi) is 4.19. The van der Waals surface area contributed by atoms with Crippen LogP contribution in [0, 0.1) is 13.8 Å². The molecule has 1 aromatic carbocycles. The van der Waals surface area contributed by atoms with Crippen molar-refractivity contribution in [2.24, 2.45) is 0 Å². The van der Waals surface area contributed by atoms with E-state index in [0.717, 1.165) is 16.8 Å². The smallest absolute Gasteiger partial charge is 0.118 e. The van der Waals surface area contributed by atoms with E-state index >= 15 is 0 Å². The van der Waals surface area contributed by atoms with Gasteiger partial charge < -0.3 is 15.2 Å². The average molecular weight is 223 g/mol. The molecule has 0 amide bonds. The summed E-state index contributed by atoms with van der Waals surface area (Å²) in [4.78, 5) is 0. The van der Waals surface area contributed by atoms with E-state index in [2.05, 4.69) is 12.2 Å². The van der Waals surface area contributed by atoms with Crippen LogP contribution >= 0.6 is 0 Å². The van der Waals surface area contributed by atoms with Crippen LogP contribution in [0.4, 0.5) is 5.69 Å². The fourth-order valence-corrected chi connectivity index (χ4v) is 1.52. The monoisotopic (exact) mass is 223 g/mol. The van der Waals surface area contributed by atoms with Crippen molar-refractivity contribution in [1.82, 2.24) is 0 Å². The lowest BCUT2D eigenvalue weighted by Gasteiger charge is -2.22. The van der Waals surface area contributed by atoms with Gasteiger partial charge in [0.15, 0.2) is 0 Å². The summed E-state index contributed by atoms with van der Waals surface area (Å²) in [5, 5.41) is 13.0. The Morgan fingerprint density at radius 2 is 1.81 bits per heavy atom. The van der Waals surface area contributed by atoms with Gasteiger partial charge in [0, 0.05) is 18.8 Å². The zero-order valence-corrected chi connectivity index (χ0v) is 10.7. The van der Waals surface area contributed by atoms with E-state index in [9.17, 15) is 5.11 Å². The number of anilines is 1. The van der Waals surface area contributed by atoms with Gasteiger partial charge in [-0.05, 0) is 51.0 Å². The number of rotatable bonds is 4. The van der Waals surface area contributed by atoms with Crippen molar-refractivity contribution in [2.75, 3.05) is 12.4 Å². The number of phenolic OH excluding ortho intramolecular Hbond substituents is 1. The lowest BCUT2D eigenvalue weighted by molar-refractivity contribution is 0.106. The fourth-order valence-electron chi connectivity index (χ4n) is 1.52. The number of nitrogens with one attached hydrogen (secondary N) is 1. The third-order valence-electron chi connectivity index (χ3n) is 3.00. The van der Waals surface area contributed by atoms with Crippen LogP contribution in [0.5, 0.6) is 5.75 Å². The first-order valence-corrected chi connectivity index (χ1v) is 5.55. The molecule has 0 saturated heterocycles. The number of hydrogen-bond acceptors (Lipinski definition) is 3. The van der Waals surface area contributed by atoms with Crippen molar-refractivity contribution >= 4 is 5.69 Å². The number of aryl methyl sites for hydroxylation is 2. The first-order chi connectivity index (χ1) is 7.45. The van der Waals surface area contributed by atoms with Crippen LogP contribution in [-0.4, -0.2) is 24.4 Å². The summed E-state index contributed by atoms with van der Waals surface area (Å²) in [6.07, 6.45) is 0.147. The summed E-state index contributed by atoms with van der Waals surface area (Å²) >= 11 is 0. The maximum atomic E-state index is 9.56. The van der Waals surface area contributed by atoms with E-state index in [-0.39, 0.29) is 12.1 Å². The Bertz CT molecular complexity index is 363. The van der Waals surface area contributed by atoms with Crippen molar-refractivity contribution in [3.05, 3.63) is 23.3 Å². The first-order valence-electron chi connectivity index (χ1n) is 5.55. The molecule has 0 aliphatic carbocycles. The van der Waals surface area contributed by atoms with Gasteiger partial charge in [0.1, 0.15) is 5.75 Å². The Morgan fingerprint density at radius 3 is 2.38 bits per heavy atom. The van der Waals surface area contributed by atoms with Crippen molar-refractivity contribution in [2.45, 2.75) is 39.8 Å². The second kappa shape index (κ2) is 5.21. The van der Waals surface area contributed by atoms with Crippen molar-refractivity contribution in [3.8, 4) is 5.75 Å². The molecule has 3 nitrogen and oxygen atoms in total. The summed E-state index contributed by atoms with van der Waals surface area (Å²) in [5.41, 5.74) is 2.97. The summed E-state index contributed by atoms with van der Waals surface area (Å²) in [6, 6.07) is 3.97. The highest BCUT2D eigenvalue weighted by atomic mass is 16.5. The summed E-state index contributed by atoms with van der Waals surface area (Å²) in [7, 11) is 1.71. The first kappa shape index (κ1) is 12.8. The molecular formula is C13H21NO2. The highest BCUT2D eigenvalue weighted by molar-refractivity contribution is 5.57. The molecule has 90 valence electrons. The zero-order valence-electron chi connectivity index (χ0n) is 10.7. The molecule has 0 spiro atoms. The molecule has 2 N–H and O–H groups in total. The second-order valence-electron chi connectivity index (χ2n) is 4.33. The maximum absolute atomic E-state index is 9.56. The summed E-state index contributed by atoms with van der Waals surface area (Å²) in [5.74, 6) is 0.343. The van der Waals surface area contributed by atoms with Crippen molar-refractivity contribution in [3.63, 3.8) is 0 Å². The third kappa shape index (κ3) is 2.89. The molecule has 2 atom stereocenters. The van der Waals surface area contributed by atoms with Gasteiger partial charge in [0.05, 0.1) is 6.10 Å². The quantitative estimate of drug-likeness (QED) is 0.771. The summed E-state index contributed by atoms with van der Waals surface area (Å²) < 4.78 is 5.27. The van der Waals surface area contributed by atoms with Gasteiger partial charge in [-0.3, -0.25) is 0 Å². The van der Waals surface area contributed by atoms with Gasteiger partial charge in [-0.1, -0.05) is 0 Å². The van der Waals surface area contributed by atoms with E-state index in [1.54, 1.807) is 13.2 Å². The van der Waals surface area contributed by atoms with Gasteiger partial charge in [0.25, 0.3) is 0 Å². The largest absolute Gasteiger partial charge is 0.508 e. The molecule has 0 heterocycles. The maximum Gasteiger partial charge on any atom is 0.118 e. The minimum atomic E-state index is 0.147. The van der Waals surface area contributed by atoms with Crippen LogP contribution in [0.25, 0.3) is 0 Å². The normalized spacial score (nSPS) is 14.6. The Labute approximate surface area is 97.4 Å². The van der Waals surface area contributed by atoms with Gasteiger partial charge in [-0.15, -0.1) is 0 Å². The number of hydrogen-bond donors (Lipinski definition) is 2. The average Bonchev–Trinajstić information content (AvgIpc) is 2.24. The lowest BCUT2D eigenvalue weighted by Crippen LogP contribution is -2.29. The van der Waals surface area contributed by atoms with Crippen LogP contribution in [0.2, 0.25) is 0 Å². The van der Waals surface area contributed by atoms with E-state index < -0.39 is 0 Å². The van der Waals surface area contributed by atoms with Gasteiger partial charge in [-0.2, -0.15) is 0 Å². The van der Waals surface area contributed by atoms with Gasteiger partial charge in [0.2, 0.25) is 0 Å². The molecule has 0 aromatic heterocycles. The molecule has 2 unspecified atom stereocenters. The number of benzene rings is 1. The lowest BCUT2D eigenvalue weighted by atomic mass is 10.1. The summed E-state index contributed by atoms with van der Waals surface area (Å²) in [6.45, 7) is 7.98. The molecule has 0 bridgehead atoms. The molecule has 3 heteroatoms. The zero-order chi connectivity index (χ0) is 12.3. The molecule has 16 heavy (non-hydrogen) atoms. The minimum absolute atomic E-state index is 0.147. The van der Waals surface area contributed by atoms with E-state index in [1.165, 1.54) is 0 Å². The van der Waals surface area contributed by atoms with E-state index in [1.807, 2.05) is 26.8 Å². The molecule has 0 saturated carbocycles. The highest BCUT2D eigenvalue weighted by Crippen LogP contribution is 2.25. The Balaban J connectivity index is 2.85. The molecule has 0 radical (unpaired) electrons. The molecule has 1 rings (SSSR count). The fraction of sp³-hybridized carbons (Fsp3) is 0.538. The Morgan fingerprint density at radius 1 is 1.19 bits per heavy atom. The number of aromatic hydroxyl groups is 1.